The first-order chi connectivity index (χ1) is 15.7. The second-order valence-electron chi connectivity index (χ2n) is 10.1. The molecule has 1 saturated carbocycles. The van der Waals surface area contributed by atoms with Crippen molar-refractivity contribution in [1.29, 1.82) is 0 Å². The van der Waals surface area contributed by atoms with Gasteiger partial charge in [0, 0.05) is 18.5 Å². The van der Waals surface area contributed by atoms with E-state index in [1.807, 2.05) is 37.8 Å². The van der Waals surface area contributed by atoms with Crippen molar-refractivity contribution >= 4 is 12.0 Å². The van der Waals surface area contributed by atoms with E-state index in [2.05, 4.69) is 17.4 Å². The molecule has 6 heteroatoms. The van der Waals surface area contributed by atoms with Crippen LogP contribution in [0.2, 0.25) is 0 Å². The molecule has 1 aliphatic carbocycles. The van der Waals surface area contributed by atoms with Crippen LogP contribution in [0.1, 0.15) is 69.2 Å². The molecule has 2 aromatic rings. The Morgan fingerprint density at radius 1 is 1.00 bits per heavy atom. The fourth-order valence-electron chi connectivity index (χ4n) is 5.00. The molecule has 5 nitrogen and oxygen atoms in total. The monoisotopic (exact) mass is 452 g/mol. The number of hydrogen-bond acceptors (Lipinski definition) is 3. The van der Waals surface area contributed by atoms with Gasteiger partial charge >= 0.3 is 6.09 Å². The maximum Gasteiger partial charge on any atom is 0.407 e. The molecular formula is C27H33FN2O3. The zero-order valence-corrected chi connectivity index (χ0v) is 19.6. The Morgan fingerprint density at radius 3 is 2.33 bits per heavy atom. The lowest BCUT2D eigenvalue weighted by molar-refractivity contribution is -0.138. The third kappa shape index (κ3) is 5.55. The molecule has 4 rings (SSSR count). The molecule has 2 aliphatic rings. The summed E-state index contributed by atoms with van der Waals surface area (Å²) in [4.78, 5) is 27.7. The van der Waals surface area contributed by atoms with Gasteiger partial charge in [0.1, 0.15) is 11.4 Å². The molecular weight excluding hydrogens is 419 g/mol. The number of alkyl carbamates (subject to hydrolysis) is 1. The predicted molar refractivity (Wildman–Crippen MR) is 125 cm³/mol. The molecule has 0 bridgehead atoms. The maximum absolute atomic E-state index is 13.7. The zero-order chi connectivity index (χ0) is 23.6. The summed E-state index contributed by atoms with van der Waals surface area (Å²) in [5.74, 6) is -0.207. The first kappa shape index (κ1) is 23.3. The largest absolute Gasteiger partial charge is 0.444 e. The van der Waals surface area contributed by atoms with Gasteiger partial charge in [0.15, 0.2) is 0 Å². The van der Waals surface area contributed by atoms with Crippen LogP contribution < -0.4 is 5.32 Å². The quantitative estimate of drug-likeness (QED) is 0.680. The third-order valence-electron chi connectivity index (χ3n) is 6.55. The highest BCUT2D eigenvalue weighted by atomic mass is 19.1. The molecule has 1 heterocycles. The Balaban J connectivity index is 1.46. The molecule has 33 heavy (non-hydrogen) atoms. The average Bonchev–Trinajstić information content (AvgIpc) is 2.78. The number of hydrogen-bond donors (Lipinski definition) is 1. The molecule has 1 N–H and O–H groups in total. The van der Waals surface area contributed by atoms with E-state index in [0.29, 0.717) is 6.54 Å². The summed E-state index contributed by atoms with van der Waals surface area (Å²) < 4.78 is 19.0. The van der Waals surface area contributed by atoms with Crippen molar-refractivity contribution < 1.29 is 18.7 Å². The van der Waals surface area contributed by atoms with Gasteiger partial charge in [-0.05, 0) is 81.7 Å². The number of ether oxygens (including phenoxy) is 1. The molecule has 1 aliphatic heterocycles. The van der Waals surface area contributed by atoms with Gasteiger partial charge in [-0.25, -0.2) is 9.18 Å². The number of carbonyl (C=O) groups excluding carboxylic acids is 2. The smallest absolute Gasteiger partial charge is 0.407 e. The zero-order valence-electron chi connectivity index (χ0n) is 19.6. The summed E-state index contributed by atoms with van der Waals surface area (Å²) in [5.41, 5.74) is 2.75. The third-order valence-corrected chi connectivity index (χ3v) is 6.55. The van der Waals surface area contributed by atoms with Gasteiger partial charge < -0.3 is 15.0 Å². The summed E-state index contributed by atoms with van der Waals surface area (Å²) in [6.45, 7) is 6.18. The second-order valence-corrected chi connectivity index (χ2v) is 10.1. The number of nitrogens with zero attached hydrogens (tertiary/aromatic N) is 1. The summed E-state index contributed by atoms with van der Waals surface area (Å²) in [7, 11) is 0. The first-order valence-corrected chi connectivity index (χ1v) is 11.8. The van der Waals surface area contributed by atoms with Crippen molar-refractivity contribution in [2.45, 2.75) is 70.6 Å². The summed E-state index contributed by atoms with van der Waals surface area (Å²) >= 11 is 0. The van der Waals surface area contributed by atoms with Gasteiger partial charge in [-0.2, -0.15) is 0 Å². The van der Waals surface area contributed by atoms with Crippen LogP contribution >= 0.6 is 0 Å². The molecule has 0 spiro atoms. The molecule has 1 atom stereocenters. The van der Waals surface area contributed by atoms with Crippen LogP contribution in [0.25, 0.3) is 0 Å². The number of amides is 2. The van der Waals surface area contributed by atoms with Crippen molar-refractivity contribution in [1.82, 2.24) is 10.2 Å². The predicted octanol–water partition coefficient (Wildman–Crippen LogP) is 5.38. The van der Waals surface area contributed by atoms with E-state index in [9.17, 15) is 14.0 Å². The molecule has 176 valence electrons. The minimum atomic E-state index is -0.531. The minimum Gasteiger partial charge on any atom is -0.444 e. The maximum atomic E-state index is 13.7. The van der Waals surface area contributed by atoms with Crippen molar-refractivity contribution in [2.24, 2.45) is 5.92 Å². The molecule has 2 amide bonds. The van der Waals surface area contributed by atoms with E-state index >= 15 is 0 Å². The van der Waals surface area contributed by atoms with Crippen molar-refractivity contribution in [2.75, 3.05) is 6.54 Å². The molecule has 0 saturated heterocycles. The van der Waals surface area contributed by atoms with Crippen LogP contribution in [0.5, 0.6) is 0 Å². The van der Waals surface area contributed by atoms with Crippen LogP contribution in [0.3, 0.4) is 0 Å². The van der Waals surface area contributed by atoms with Crippen LogP contribution in [0.15, 0.2) is 48.5 Å². The molecule has 0 radical (unpaired) electrons. The number of carbonyl (C=O) groups is 2. The Kier molecular flexibility index (Phi) is 6.73. The van der Waals surface area contributed by atoms with Crippen LogP contribution in [-0.2, 0) is 16.0 Å². The van der Waals surface area contributed by atoms with E-state index < -0.39 is 11.7 Å². The standard InChI is InChI=1S/C27H33FN2O3/c1-27(2,3)33-26(32)29-22-14-10-20(11-15-22)25(31)30-17-16-18-6-4-5-7-23(18)24(30)19-8-12-21(28)13-9-19/h4-9,12-13,20,22,24H,10-11,14-17H2,1-3H3,(H,29,32). The van der Waals surface area contributed by atoms with Gasteiger partial charge in [0.05, 0.1) is 6.04 Å². The summed E-state index contributed by atoms with van der Waals surface area (Å²) in [5, 5.41) is 2.95. The van der Waals surface area contributed by atoms with Crippen LogP contribution in [0.4, 0.5) is 9.18 Å². The Hall–Kier alpha value is -2.89. The molecule has 1 fully saturated rings. The van der Waals surface area contributed by atoms with Gasteiger partial charge in [0.25, 0.3) is 0 Å². The van der Waals surface area contributed by atoms with E-state index in [0.717, 1.165) is 43.2 Å². The lowest BCUT2D eigenvalue weighted by atomic mass is 9.82. The van der Waals surface area contributed by atoms with Crippen molar-refractivity contribution in [3.63, 3.8) is 0 Å². The van der Waals surface area contributed by atoms with E-state index in [1.54, 1.807) is 12.1 Å². The minimum absolute atomic E-state index is 0.0267. The van der Waals surface area contributed by atoms with Crippen LogP contribution in [-0.4, -0.2) is 35.1 Å². The van der Waals surface area contributed by atoms with Crippen molar-refractivity contribution in [3.05, 3.63) is 71.0 Å². The number of rotatable bonds is 3. The first-order valence-electron chi connectivity index (χ1n) is 11.8. The Labute approximate surface area is 195 Å². The molecule has 0 aromatic heterocycles. The fraction of sp³-hybridized carbons (Fsp3) is 0.481. The Bertz CT molecular complexity index is 991. The Morgan fingerprint density at radius 2 is 1.67 bits per heavy atom. The topological polar surface area (TPSA) is 58.6 Å². The van der Waals surface area contributed by atoms with Gasteiger partial charge in [-0.15, -0.1) is 0 Å². The number of fused-ring (bicyclic) bond motifs is 1. The molecule has 2 aromatic carbocycles. The highest BCUT2D eigenvalue weighted by Gasteiger charge is 2.37. The second kappa shape index (κ2) is 9.54. The number of nitrogens with one attached hydrogen (secondary N) is 1. The van der Waals surface area contributed by atoms with Gasteiger partial charge in [0.2, 0.25) is 5.91 Å². The van der Waals surface area contributed by atoms with Gasteiger partial charge in [-0.1, -0.05) is 36.4 Å². The highest BCUT2D eigenvalue weighted by molar-refractivity contribution is 5.80. The summed E-state index contributed by atoms with van der Waals surface area (Å²) in [6, 6.07) is 14.5. The lowest BCUT2D eigenvalue weighted by Gasteiger charge is -2.41. The van der Waals surface area contributed by atoms with Gasteiger partial charge in [-0.3, -0.25) is 4.79 Å². The normalized spacial score (nSPS) is 22.9. The van der Waals surface area contributed by atoms with E-state index in [1.165, 1.54) is 17.7 Å². The van der Waals surface area contributed by atoms with Crippen LogP contribution in [0, 0.1) is 11.7 Å². The van der Waals surface area contributed by atoms with E-state index in [4.69, 9.17) is 4.74 Å². The average molecular weight is 453 g/mol. The van der Waals surface area contributed by atoms with E-state index in [-0.39, 0.29) is 29.7 Å². The summed E-state index contributed by atoms with van der Waals surface area (Å²) in [6.07, 6.45) is 3.38. The molecule has 1 unspecified atom stereocenters. The fourth-order valence-corrected chi connectivity index (χ4v) is 5.00. The number of halogens is 1. The number of benzene rings is 2. The van der Waals surface area contributed by atoms with Crippen molar-refractivity contribution in [3.8, 4) is 0 Å². The highest BCUT2D eigenvalue weighted by Crippen LogP contribution is 2.38. The lowest BCUT2D eigenvalue weighted by Crippen LogP contribution is -2.46. The SMILES string of the molecule is CC(C)(C)OC(=O)NC1CCC(C(=O)N2CCc3ccccc3C2c2ccc(F)cc2)CC1.